The molecule has 0 aliphatic heterocycles. The second-order valence-corrected chi connectivity index (χ2v) is 6.34. The molecule has 1 fully saturated rings. The number of rotatable bonds is 4. The standard InChI is InChI=1S/C16H14ClN3O5/c17-13-5-11(20(24)25)8-18-14(13)9-1-3-10(4-2-9)16(19-15(22)23)6-12(21)7-16/h1-5,8,12,19,21H,6-7H2,(H,22,23)/t12-,16-. The second kappa shape index (κ2) is 6.30. The van der Waals surface area contributed by atoms with Crippen molar-refractivity contribution in [1.82, 2.24) is 10.3 Å². The Morgan fingerprint density at radius 3 is 2.48 bits per heavy atom. The molecule has 1 aliphatic rings. The van der Waals surface area contributed by atoms with Gasteiger partial charge >= 0.3 is 6.09 Å². The number of aliphatic hydroxyl groups excluding tert-OH is 1. The number of aromatic nitrogens is 1. The highest BCUT2D eigenvalue weighted by Gasteiger charge is 2.46. The maximum absolute atomic E-state index is 11.0. The Labute approximate surface area is 147 Å². The van der Waals surface area contributed by atoms with Crippen molar-refractivity contribution in [3.8, 4) is 11.3 Å². The zero-order valence-corrected chi connectivity index (χ0v) is 13.6. The predicted octanol–water partition coefficient (Wildman–Crippen LogP) is 2.93. The van der Waals surface area contributed by atoms with Gasteiger partial charge in [0.2, 0.25) is 0 Å². The quantitative estimate of drug-likeness (QED) is 0.566. The molecule has 1 aromatic carbocycles. The molecule has 0 radical (unpaired) electrons. The van der Waals surface area contributed by atoms with Crippen LogP contribution >= 0.6 is 11.6 Å². The molecule has 1 aromatic heterocycles. The molecule has 0 saturated heterocycles. The molecule has 3 N–H and O–H groups in total. The lowest BCUT2D eigenvalue weighted by Gasteiger charge is -2.45. The van der Waals surface area contributed by atoms with E-state index in [-0.39, 0.29) is 10.7 Å². The Bertz CT molecular complexity index is 834. The Kier molecular flexibility index (Phi) is 4.32. The van der Waals surface area contributed by atoms with E-state index in [0.717, 1.165) is 11.8 Å². The van der Waals surface area contributed by atoms with Gasteiger partial charge in [0.05, 0.1) is 27.3 Å². The lowest BCUT2D eigenvalue weighted by Crippen LogP contribution is -2.56. The zero-order valence-electron chi connectivity index (χ0n) is 12.8. The first-order valence-corrected chi connectivity index (χ1v) is 7.78. The van der Waals surface area contributed by atoms with Crippen molar-refractivity contribution in [3.63, 3.8) is 0 Å². The number of nitrogens with one attached hydrogen (secondary N) is 1. The van der Waals surface area contributed by atoms with Gasteiger partial charge in [0.15, 0.2) is 0 Å². The molecule has 2 aromatic rings. The number of carboxylic acid groups (broad SMARTS) is 1. The van der Waals surface area contributed by atoms with Gasteiger partial charge < -0.3 is 15.5 Å². The fourth-order valence-electron chi connectivity index (χ4n) is 3.05. The van der Waals surface area contributed by atoms with Gasteiger partial charge in [0, 0.05) is 24.5 Å². The van der Waals surface area contributed by atoms with E-state index in [9.17, 15) is 20.0 Å². The number of amides is 1. The van der Waals surface area contributed by atoms with E-state index in [1.807, 2.05) is 0 Å². The lowest BCUT2D eigenvalue weighted by atomic mass is 9.69. The van der Waals surface area contributed by atoms with Crippen molar-refractivity contribution >= 4 is 23.4 Å². The Morgan fingerprint density at radius 2 is 2.00 bits per heavy atom. The number of benzene rings is 1. The highest BCUT2D eigenvalue weighted by atomic mass is 35.5. The summed E-state index contributed by atoms with van der Waals surface area (Å²) in [4.78, 5) is 25.2. The first-order valence-electron chi connectivity index (χ1n) is 7.41. The van der Waals surface area contributed by atoms with Crippen LogP contribution in [0.25, 0.3) is 11.3 Å². The van der Waals surface area contributed by atoms with Crippen molar-refractivity contribution < 1.29 is 19.9 Å². The molecule has 3 rings (SSSR count). The smallest absolute Gasteiger partial charge is 0.405 e. The molecule has 8 nitrogen and oxygen atoms in total. The van der Waals surface area contributed by atoms with Gasteiger partial charge in [-0.05, 0) is 5.56 Å². The summed E-state index contributed by atoms with van der Waals surface area (Å²) < 4.78 is 0. The molecular formula is C16H14ClN3O5. The second-order valence-electron chi connectivity index (χ2n) is 5.93. The largest absolute Gasteiger partial charge is 0.465 e. The topological polar surface area (TPSA) is 126 Å². The number of pyridine rings is 1. The highest BCUT2D eigenvalue weighted by molar-refractivity contribution is 6.33. The first-order chi connectivity index (χ1) is 11.8. The van der Waals surface area contributed by atoms with Crippen LogP contribution in [0.5, 0.6) is 0 Å². The van der Waals surface area contributed by atoms with Crippen LogP contribution in [0.15, 0.2) is 36.5 Å². The average Bonchev–Trinajstić information content (AvgIpc) is 2.52. The molecule has 0 unspecified atom stereocenters. The summed E-state index contributed by atoms with van der Waals surface area (Å²) in [6, 6.07) is 8.12. The van der Waals surface area contributed by atoms with Crippen molar-refractivity contribution in [1.29, 1.82) is 0 Å². The minimum Gasteiger partial charge on any atom is -0.465 e. The minimum atomic E-state index is -1.16. The first kappa shape index (κ1) is 17.1. The molecule has 9 heteroatoms. The summed E-state index contributed by atoms with van der Waals surface area (Å²) in [6.07, 6.45) is 0.0308. The molecular weight excluding hydrogens is 350 g/mol. The average molecular weight is 364 g/mol. The van der Waals surface area contributed by atoms with Gasteiger partial charge in [-0.2, -0.15) is 0 Å². The van der Waals surface area contributed by atoms with Crippen LogP contribution < -0.4 is 5.32 Å². The summed E-state index contributed by atoms with van der Waals surface area (Å²) >= 11 is 6.07. The van der Waals surface area contributed by atoms with Crippen LogP contribution in [0.3, 0.4) is 0 Å². The monoisotopic (exact) mass is 363 g/mol. The highest BCUT2D eigenvalue weighted by Crippen LogP contribution is 2.42. The minimum absolute atomic E-state index is 0.152. The van der Waals surface area contributed by atoms with Crippen molar-refractivity contribution in [2.45, 2.75) is 24.5 Å². The number of nitro groups is 1. The Balaban J connectivity index is 1.90. The molecule has 1 amide bonds. The van der Waals surface area contributed by atoms with Gasteiger partial charge in [0.25, 0.3) is 5.69 Å². The molecule has 0 spiro atoms. The Hall–Kier alpha value is -2.71. The third-order valence-corrected chi connectivity index (χ3v) is 4.55. The molecule has 0 atom stereocenters. The van der Waals surface area contributed by atoms with Crippen LogP contribution in [0.4, 0.5) is 10.5 Å². The van der Waals surface area contributed by atoms with Gasteiger partial charge in [-0.1, -0.05) is 35.9 Å². The molecule has 1 heterocycles. The number of hydrogen-bond acceptors (Lipinski definition) is 5. The lowest BCUT2D eigenvalue weighted by molar-refractivity contribution is -0.385. The van der Waals surface area contributed by atoms with Crippen molar-refractivity contribution in [2.75, 3.05) is 0 Å². The van der Waals surface area contributed by atoms with Gasteiger partial charge in [-0.25, -0.2) is 9.78 Å². The summed E-state index contributed by atoms with van der Waals surface area (Å²) in [6.45, 7) is 0. The van der Waals surface area contributed by atoms with Crippen LogP contribution in [-0.4, -0.2) is 32.3 Å². The van der Waals surface area contributed by atoms with Crippen LogP contribution in [0.1, 0.15) is 18.4 Å². The number of hydrogen-bond donors (Lipinski definition) is 3. The van der Waals surface area contributed by atoms with Gasteiger partial charge in [-0.15, -0.1) is 0 Å². The number of nitrogens with zero attached hydrogens (tertiary/aromatic N) is 2. The van der Waals surface area contributed by atoms with E-state index >= 15 is 0 Å². The number of halogens is 1. The summed E-state index contributed by atoms with van der Waals surface area (Å²) in [5, 5.41) is 32.0. The van der Waals surface area contributed by atoms with Crippen molar-refractivity contribution in [3.05, 3.63) is 57.2 Å². The fraction of sp³-hybridized carbons (Fsp3) is 0.250. The number of carbonyl (C=O) groups is 1. The molecule has 130 valence electrons. The van der Waals surface area contributed by atoms with E-state index in [0.29, 0.717) is 24.1 Å². The fourth-order valence-corrected chi connectivity index (χ4v) is 3.32. The van der Waals surface area contributed by atoms with E-state index in [1.54, 1.807) is 24.3 Å². The van der Waals surface area contributed by atoms with E-state index in [4.69, 9.17) is 16.7 Å². The van der Waals surface area contributed by atoms with E-state index < -0.39 is 22.7 Å². The summed E-state index contributed by atoms with van der Waals surface area (Å²) in [5.74, 6) is 0. The number of aliphatic hydroxyl groups is 1. The molecule has 1 aliphatic carbocycles. The van der Waals surface area contributed by atoms with E-state index in [2.05, 4.69) is 10.3 Å². The third kappa shape index (κ3) is 3.26. The normalized spacial score (nSPS) is 22.1. The van der Waals surface area contributed by atoms with Gasteiger partial charge in [0.1, 0.15) is 6.20 Å². The zero-order chi connectivity index (χ0) is 18.2. The third-order valence-electron chi connectivity index (χ3n) is 4.26. The van der Waals surface area contributed by atoms with Crippen LogP contribution in [-0.2, 0) is 5.54 Å². The maximum atomic E-state index is 11.0. The summed E-state index contributed by atoms with van der Waals surface area (Å²) in [7, 11) is 0. The summed E-state index contributed by atoms with van der Waals surface area (Å²) in [5.41, 5.74) is 0.762. The predicted molar refractivity (Wildman–Crippen MR) is 89.4 cm³/mol. The maximum Gasteiger partial charge on any atom is 0.405 e. The van der Waals surface area contributed by atoms with Gasteiger partial charge in [-0.3, -0.25) is 10.1 Å². The molecule has 25 heavy (non-hydrogen) atoms. The Morgan fingerprint density at radius 1 is 1.36 bits per heavy atom. The van der Waals surface area contributed by atoms with Crippen molar-refractivity contribution in [2.24, 2.45) is 0 Å². The van der Waals surface area contributed by atoms with Crippen LogP contribution in [0, 0.1) is 10.1 Å². The SMILES string of the molecule is O=C(O)N[C@]1(c2ccc(-c3ncc([N+](=O)[O-])cc3Cl)cc2)C[C@@H](O)C1. The molecule has 0 bridgehead atoms. The van der Waals surface area contributed by atoms with E-state index in [1.165, 1.54) is 6.07 Å². The van der Waals surface area contributed by atoms with Crippen LogP contribution in [0.2, 0.25) is 5.02 Å². The molecule has 1 saturated carbocycles.